The van der Waals surface area contributed by atoms with Crippen molar-refractivity contribution in [3.63, 3.8) is 0 Å². The van der Waals surface area contributed by atoms with Crippen LogP contribution in [0.5, 0.6) is 0 Å². The second-order valence-electron chi connectivity index (χ2n) is 9.75. The van der Waals surface area contributed by atoms with Crippen molar-refractivity contribution in [2.45, 2.75) is 38.4 Å². The number of carboxylic acid groups (broad SMARTS) is 1. The van der Waals surface area contributed by atoms with E-state index < -0.39 is 22.2 Å². The summed E-state index contributed by atoms with van der Waals surface area (Å²) in [5, 5.41) is 13.4. The summed E-state index contributed by atoms with van der Waals surface area (Å²) in [5.41, 5.74) is 5.18. The Morgan fingerprint density at radius 3 is 2.12 bits per heavy atom. The van der Waals surface area contributed by atoms with Gasteiger partial charge in [0.2, 0.25) is 0 Å². The molecular weight excluding hydrogens is 573 g/mol. The average Bonchev–Trinajstić information content (AvgIpc) is 2.94. The second-order valence-corrected chi connectivity index (χ2v) is 11.4. The quantitative estimate of drug-likeness (QED) is 0.314. The monoisotopic (exact) mass is 606 g/mol. The SMILES string of the molecule is Cc1cc(C)c(S(=O)(=O)Nc2cc(C(=O)NCc3ccccc3)ccc2N2CCNCC2)cc1C.O=C(O)C(F)(F)F. The average molecular weight is 607 g/mol. The van der Waals surface area contributed by atoms with E-state index in [9.17, 15) is 26.4 Å². The Balaban J connectivity index is 0.000000616. The van der Waals surface area contributed by atoms with Gasteiger partial charge in [-0.1, -0.05) is 36.4 Å². The van der Waals surface area contributed by atoms with Crippen LogP contribution in [-0.4, -0.2) is 57.8 Å². The first-order chi connectivity index (χ1) is 19.7. The van der Waals surface area contributed by atoms with Crippen molar-refractivity contribution in [1.29, 1.82) is 0 Å². The zero-order valence-electron chi connectivity index (χ0n) is 23.4. The summed E-state index contributed by atoms with van der Waals surface area (Å²) < 4.78 is 61.5. The maximum atomic E-state index is 13.5. The Hall–Kier alpha value is -4.10. The minimum Gasteiger partial charge on any atom is -0.475 e. The lowest BCUT2D eigenvalue weighted by Crippen LogP contribution is -2.43. The number of benzene rings is 3. The molecule has 0 aliphatic carbocycles. The number of halogens is 3. The number of aliphatic carboxylic acids is 1. The minimum absolute atomic E-state index is 0.241. The zero-order valence-corrected chi connectivity index (χ0v) is 24.2. The number of nitrogens with zero attached hydrogens (tertiary/aromatic N) is 1. The molecule has 3 aromatic rings. The summed E-state index contributed by atoms with van der Waals surface area (Å²) in [6.45, 7) is 9.16. The summed E-state index contributed by atoms with van der Waals surface area (Å²) in [7, 11) is -3.87. The molecule has 226 valence electrons. The lowest BCUT2D eigenvalue weighted by Gasteiger charge is -2.31. The van der Waals surface area contributed by atoms with E-state index >= 15 is 0 Å². The summed E-state index contributed by atoms with van der Waals surface area (Å²) in [6.07, 6.45) is -5.08. The molecular formula is C29H33F3N4O5S. The molecule has 0 spiro atoms. The molecule has 0 saturated carbocycles. The van der Waals surface area contributed by atoms with Crippen LogP contribution in [0.2, 0.25) is 0 Å². The van der Waals surface area contributed by atoms with Crippen LogP contribution in [0, 0.1) is 20.8 Å². The Bertz CT molecular complexity index is 1520. The molecule has 0 unspecified atom stereocenters. The van der Waals surface area contributed by atoms with Gasteiger partial charge in [0.05, 0.1) is 16.3 Å². The van der Waals surface area contributed by atoms with Crippen LogP contribution in [-0.2, 0) is 21.4 Å². The van der Waals surface area contributed by atoms with Crippen LogP contribution in [0.4, 0.5) is 24.5 Å². The standard InChI is InChI=1S/C27H32N4O3S.C2HF3O2/c1-19-15-21(3)26(16-20(19)2)35(33,34)30-24-17-23(9-10-25(24)31-13-11-28-12-14-31)27(32)29-18-22-7-5-4-6-8-22;3-2(4,5)1(6)7/h4-10,15-17,28,30H,11-14,18H2,1-3H3,(H,29,32);(H,6,7). The molecule has 0 bridgehead atoms. The molecule has 3 aromatic carbocycles. The molecule has 1 amide bonds. The van der Waals surface area contributed by atoms with E-state index in [-0.39, 0.29) is 10.8 Å². The fraction of sp³-hybridized carbons (Fsp3) is 0.310. The number of anilines is 2. The zero-order chi connectivity index (χ0) is 31.1. The van der Waals surface area contributed by atoms with E-state index in [4.69, 9.17) is 9.90 Å². The van der Waals surface area contributed by atoms with Crippen LogP contribution < -0.4 is 20.3 Å². The third-order valence-electron chi connectivity index (χ3n) is 6.58. The number of hydrogen-bond donors (Lipinski definition) is 4. The third-order valence-corrected chi connectivity index (χ3v) is 8.09. The maximum Gasteiger partial charge on any atom is 0.490 e. The number of piperazine rings is 1. The van der Waals surface area contributed by atoms with Gasteiger partial charge >= 0.3 is 12.1 Å². The highest BCUT2D eigenvalue weighted by Crippen LogP contribution is 2.31. The van der Waals surface area contributed by atoms with E-state index in [2.05, 4.69) is 20.3 Å². The van der Waals surface area contributed by atoms with Crippen molar-refractivity contribution in [1.82, 2.24) is 10.6 Å². The highest BCUT2D eigenvalue weighted by Gasteiger charge is 2.38. The first-order valence-electron chi connectivity index (χ1n) is 13.0. The summed E-state index contributed by atoms with van der Waals surface area (Å²) in [4.78, 5) is 24.2. The molecule has 1 heterocycles. The molecule has 4 rings (SSSR count). The molecule has 13 heteroatoms. The number of carbonyl (C=O) groups is 2. The lowest BCUT2D eigenvalue weighted by molar-refractivity contribution is -0.192. The van der Waals surface area contributed by atoms with Gasteiger partial charge in [0.25, 0.3) is 15.9 Å². The van der Waals surface area contributed by atoms with E-state index in [1.807, 2.05) is 56.3 Å². The molecule has 1 aliphatic heterocycles. The number of nitrogens with one attached hydrogen (secondary N) is 3. The number of amides is 1. The second kappa shape index (κ2) is 13.7. The highest BCUT2D eigenvalue weighted by molar-refractivity contribution is 7.92. The van der Waals surface area contributed by atoms with Crippen LogP contribution in [0.25, 0.3) is 0 Å². The fourth-order valence-electron chi connectivity index (χ4n) is 4.24. The number of carbonyl (C=O) groups excluding carboxylic acids is 1. The Morgan fingerprint density at radius 2 is 1.52 bits per heavy atom. The highest BCUT2D eigenvalue weighted by atomic mass is 32.2. The van der Waals surface area contributed by atoms with E-state index in [1.165, 1.54) is 0 Å². The van der Waals surface area contributed by atoms with Gasteiger partial charge in [0.1, 0.15) is 0 Å². The molecule has 0 radical (unpaired) electrons. The molecule has 9 nitrogen and oxygen atoms in total. The first kappa shape index (κ1) is 32.4. The number of rotatable bonds is 7. The summed E-state index contributed by atoms with van der Waals surface area (Å²) in [6, 6.07) is 18.4. The first-order valence-corrected chi connectivity index (χ1v) is 14.5. The van der Waals surface area contributed by atoms with Crippen LogP contribution in [0.1, 0.15) is 32.6 Å². The van der Waals surface area contributed by atoms with Gasteiger partial charge in [-0.05, 0) is 67.3 Å². The topological polar surface area (TPSA) is 128 Å². The lowest BCUT2D eigenvalue weighted by atomic mass is 10.1. The van der Waals surface area contributed by atoms with Gasteiger partial charge in [-0.2, -0.15) is 13.2 Å². The van der Waals surface area contributed by atoms with Gasteiger partial charge in [-0.3, -0.25) is 9.52 Å². The fourth-order valence-corrected chi connectivity index (χ4v) is 5.62. The number of aryl methyl sites for hydroxylation is 3. The summed E-state index contributed by atoms with van der Waals surface area (Å²) >= 11 is 0. The Labute approximate surface area is 242 Å². The van der Waals surface area contributed by atoms with Crippen LogP contribution >= 0.6 is 0 Å². The largest absolute Gasteiger partial charge is 0.490 e. The molecule has 0 aromatic heterocycles. The van der Waals surface area contributed by atoms with Crippen molar-refractivity contribution < 1.29 is 36.3 Å². The van der Waals surface area contributed by atoms with Gasteiger partial charge in [-0.25, -0.2) is 13.2 Å². The van der Waals surface area contributed by atoms with E-state index in [1.54, 1.807) is 25.1 Å². The van der Waals surface area contributed by atoms with Gasteiger partial charge in [0.15, 0.2) is 0 Å². The van der Waals surface area contributed by atoms with Crippen molar-refractivity contribution in [2.24, 2.45) is 0 Å². The minimum atomic E-state index is -5.08. The van der Waals surface area contributed by atoms with Crippen molar-refractivity contribution >= 4 is 33.3 Å². The number of alkyl halides is 3. The van der Waals surface area contributed by atoms with Crippen molar-refractivity contribution in [2.75, 3.05) is 35.8 Å². The predicted octanol–water partition coefficient (Wildman–Crippen LogP) is 4.39. The van der Waals surface area contributed by atoms with Gasteiger partial charge < -0.3 is 20.6 Å². The van der Waals surface area contributed by atoms with Gasteiger partial charge in [0, 0.05) is 38.3 Å². The molecule has 1 fully saturated rings. The van der Waals surface area contributed by atoms with Crippen molar-refractivity contribution in [3.05, 3.63) is 88.5 Å². The molecule has 1 aliphatic rings. The Kier molecular flexibility index (Phi) is 10.6. The molecule has 42 heavy (non-hydrogen) atoms. The van der Waals surface area contributed by atoms with E-state index in [0.29, 0.717) is 23.4 Å². The van der Waals surface area contributed by atoms with Crippen LogP contribution in [0.15, 0.2) is 65.6 Å². The number of carboxylic acids is 1. The predicted molar refractivity (Wildman–Crippen MR) is 154 cm³/mol. The Morgan fingerprint density at radius 1 is 0.929 bits per heavy atom. The number of sulfonamides is 1. The molecule has 4 N–H and O–H groups in total. The van der Waals surface area contributed by atoms with Crippen LogP contribution in [0.3, 0.4) is 0 Å². The smallest absolute Gasteiger partial charge is 0.475 e. The van der Waals surface area contributed by atoms with Crippen molar-refractivity contribution in [3.8, 4) is 0 Å². The molecule has 0 atom stereocenters. The third kappa shape index (κ3) is 8.70. The number of hydrogen-bond acceptors (Lipinski definition) is 6. The molecule has 1 saturated heterocycles. The maximum absolute atomic E-state index is 13.5. The van der Waals surface area contributed by atoms with E-state index in [0.717, 1.165) is 48.6 Å². The summed E-state index contributed by atoms with van der Waals surface area (Å²) in [5.74, 6) is -3.02. The normalized spacial score (nSPS) is 13.5. The van der Waals surface area contributed by atoms with Gasteiger partial charge in [-0.15, -0.1) is 0 Å².